The minimum atomic E-state index is -0.197. The second-order valence-electron chi connectivity index (χ2n) is 3.86. The molecule has 0 aromatic heterocycles. The van der Waals surface area contributed by atoms with Crippen LogP contribution in [0, 0.1) is 5.82 Å². The molecule has 1 aromatic rings. The van der Waals surface area contributed by atoms with E-state index in [4.69, 9.17) is 5.73 Å². The van der Waals surface area contributed by atoms with E-state index < -0.39 is 0 Å². The van der Waals surface area contributed by atoms with Crippen molar-refractivity contribution in [3.63, 3.8) is 0 Å². The van der Waals surface area contributed by atoms with Gasteiger partial charge in [0.05, 0.1) is 4.47 Å². The first-order valence-electron chi connectivity index (χ1n) is 5.09. The molecular formula is C11H14BrFN2. The van der Waals surface area contributed by atoms with E-state index in [0.29, 0.717) is 17.1 Å². The van der Waals surface area contributed by atoms with Crippen LogP contribution in [0.25, 0.3) is 0 Å². The molecule has 0 saturated carbocycles. The molecule has 1 heterocycles. The van der Waals surface area contributed by atoms with Crippen LogP contribution in [0.1, 0.15) is 12.0 Å². The van der Waals surface area contributed by atoms with Gasteiger partial charge in [0.2, 0.25) is 0 Å². The van der Waals surface area contributed by atoms with Crippen molar-refractivity contribution >= 4 is 15.9 Å². The average Bonchev–Trinajstić information content (AvgIpc) is 2.19. The molecule has 2 rings (SSSR count). The molecular weight excluding hydrogens is 259 g/mol. The molecule has 2 nitrogen and oxygen atoms in total. The average molecular weight is 273 g/mol. The smallest absolute Gasteiger partial charge is 0.137 e. The van der Waals surface area contributed by atoms with Gasteiger partial charge in [0, 0.05) is 25.7 Å². The van der Waals surface area contributed by atoms with Gasteiger partial charge in [-0.3, -0.25) is 4.90 Å². The van der Waals surface area contributed by atoms with Crippen molar-refractivity contribution in [1.82, 2.24) is 4.90 Å². The van der Waals surface area contributed by atoms with Crippen molar-refractivity contribution in [3.05, 3.63) is 34.1 Å². The van der Waals surface area contributed by atoms with Crippen molar-refractivity contribution in [2.45, 2.75) is 19.0 Å². The van der Waals surface area contributed by atoms with Crippen LogP contribution in [0.15, 0.2) is 22.7 Å². The number of hydrogen-bond acceptors (Lipinski definition) is 2. The molecule has 1 aliphatic rings. The van der Waals surface area contributed by atoms with Crippen molar-refractivity contribution in [3.8, 4) is 0 Å². The lowest BCUT2D eigenvalue weighted by molar-refractivity contribution is 0.0878. The SMILES string of the molecule is NCC1CCN1Cc1cccc(F)c1Br. The Balaban J connectivity index is 2.08. The number of halogens is 2. The van der Waals surface area contributed by atoms with Crippen LogP contribution in [-0.4, -0.2) is 24.0 Å². The van der Waals surface area contributed by atoms with Gasteiger partial charge in [0.25, 0.3) is 0 Å². The molecule has 1 atom stereocenters. The summed E-state index contributed by atoms with van der Waals surface area (Å²) >= 11 is 3.27. The van der Waals surface area contributed by atoms with E-state index in [-0.39, 0.29) is 5.82 Å². The van der Waals surface area contributed by atoms with Gasteiger partial charge in [0.1, 0.15) is 5.82 Å². The summed E-state index contributed by atoms with van der Waals surface area (Å²) in [6, 6.07) is 5.62. The standard InChI is InChI=1S/C11H14BrFN2/c12-11-8(2-1-3-10(11)13)7-15-5-4-9(15)6-14/h1-3,9H,4-7,14H2. The molecule has 15 heavy (non-hydrogen) atoms. The fourth-order valence-corrected chi connectivity index (χ4v) is 2.25. The lowest BCUT2D eigenvalue weighted by Crippen LogP contribution is -2.50. The zero-order valence-electron chi connectivity index (χ0n) is 8.42. The third-order valence-electron chi connectivity index (χ3n) is 2.94. The van der Waals surface area contributed by atoms with Crippen LogP contribution in [0.3, 0.4) is 0 Å². The van der Waals surface area contributed by atoms with Crippen LogP contribution in [0.2, 0.25) is 0 Å². The number of benzene rings is 1. The molecule has 1 unspecified atom stereocenters. The van der Waals surface area contributed by atoms with Gasteiger partial charge in [-0.05, 0) is 34.0 Å². The fraction of sp³-hybridized carbons (Fsp3) is 0.455. The monoisotopic (exact) mass is 272 g/mol. The number of nitrogens with two attached hydrogens (primary N) is 1. The third kappa shape index (κ3) is 2.22. The molecule has 82 valence electrons. The summed E-state index contributed by atoms with van der Waals surface area (Å²) in [5.74, 6) is -0.197. The van der Waals surface area contributed by atoms with Crippen molar-refractivity contribution in [2.24, 2.45) is 5.73 Å². The van der Waals surface area contributed by atoms with E-state index in [9.17, 15) is 4.39 Å². The van der Waals surface area contributed by atoms with Gasteiger partial charge in [-0.2, -0.15) is 0 Å². The maximum atomic E-state index is 13.2. The first-order chi connectivity index (χ1) is 7.22. The summed E-state index contributed by atoms with van der Waals surface area (Å²) in [6.07, 6.45) is 1.16. The highest BCUT2D eigenvalue weighted by molar-refractivity contribution is 9.10. The molecule has 4 heteroatoms. The van der Waals surface area contributed by atoms with Crippen LogP contribution in [-0.2, 0) is 6.54 Å². The molecule has 0 amide bonds. The third-order valence-corrected chi connectivity index (χ3v) is 3.83. The summed E-state index contributed by atoms with van der Waals surface area (Å²) in [7, 11) is 0. The topological polar surface area (TPSA) is 29.3 Å². The molecule has 1 aliphatic heterocycles. The quantitative estimate of drug-likeness (QED) is 0.914. The van der Waals surface area contributed by atoms with Crippen molar-refractivity contribution < 1.29 is 4.39 Å². The van der Waals surface area contributed by atoms with Gasteiger partial charge in [-0.1, -0.05) is 12.1 Å². The summed E-state index contributed by atoms with van der Waals surface area (Å²) in [5.41, 5.74) is 6.61. The highest BCUT2D eigenvalue weighted by Gasteiger charge is 2.26. The molecule has 0 bridgehead atoms. The normalized spacial score (nSPS) is 21.4. The van der Waals surface area contributed by atoms with Crippen LogP contribution >= 0.6 is 15.9 Å². The minimum absolute atomic E-state index is 0.197. The second-order valence-corrected chi connectivity index (χ2v) is 4.65. The molecule has 1 fully saturated rings. The maximum Gasteiger partial charge on any atom is 0.137 e. The lowest BCUT2D eigenvalue weighted by Gasteiger charge is -2.40. The molecule has 0 spiro atoms. The van der Waals surface area contributed by atoms with Crippen LogP contribution < -0.4 is 5.73 Å². The van der Waals surface area contributed by atoms with E-state index in [1.54, 1.807) is 6.07 Å². The largest absolute Gasteiger partial charge is 0.329 e. The first-order valence-corrected chi connectivity index (χ1v) is 5.88. The Morgan fingerprint density at radius 1 is 1.53 bits per heavy atom. The Hall–Kier alpha value is -0.450. The second kappa shape index (κ2) is 4.60. The van der Waals surface area contributed by atoms with Gasteiger partial charge >= 0.3 is 0 Å². The number of nitrogens with zero attached hydrogens (tertiary/aromatic N) is 1. The Morgan fingerprint density at radius 3 is 2.93 bits per heavy atom. The Labute approximate surface area is 97.4 Å². The minimum Gasteiger partial charge on any atom is -0.329 e. The van der Waals surface area contributed by atoms with Gasteiger partial charge in [-0.25, -0.2) is 4.39 Å². The van der Waals surface area contributed by atoms with Crippen LogP contribution in [0.4, 0.5) is 4.39 Å². The highest BCUT2D eigenvalue weighted by Crippen LogP contribution is 2.25. The fourth-order valence-electron chi connectivity index (χ4n) is 1.86. The summed E-state index contributed by atoms with van der Waals surface area (Å²) in [6.45, 7) is 2.53. The Morgan fingerprint density at radius 2 is 2.33 bits per heavy atom. The first kappa shape index (κ1) is 11.0. The van der Waals surface area contributed by atoms with Crippen LogP contribution in [0.5, 0.6) is 0 Å². The van der Waals surface area contributed by atoms with E-state index in [1.807, 2.05) is 6.07 Å². The predicted molar refractivity (Wildman–Crippen MR) is 62.0 cm³/mol. The lowest BCUT2D eigenvalue weighted by atomic mass is 10.0. The highest BCUT2D eigenvalue weighted by atomic mass is 79.9. The summed E-state index contributed by atoms with van der Waals surface area (Å²) in [4.78, 5) is 2.28. The molecule has 0 radical (unpaired) electrons. The Bertz CT molecular complexity index is 354. The summed E-state index contributed by atoms with van der Waals surface area (Å²) < 4.78 is 13.8. The van der Waals surface area contributed by atoms with Gasteiger partial charge in [0.15, 0.2) is 0 Å². The van der Waals surface area contributed by atoms with E-state index in [0.717, 1.165) is 25.1 Å². The van der Waals surface area contributed by atoms with Gasteiger partial charge in [-0.15, -0.1) is 0 Å². The molecule has 1 aromatic carbocycles. The molecule has 1 saturated heterocycles. The number of rotatable bonds is 3. The number of hydrogen-bond donors (Lipinski definition) is 1. The van der Waals surface area contributed by atoms with Crippen molar-refractivity contribution in [1.29, 1.82) is 0 Å². The van der Waals surface area contributed by atoms with E-state index in [1.165, 1.54) is 6.07 Å². The zero-order valence-corrected chi connectivity index (χ0v) is 10.0. The molecule has 2 N–H and O–H groups in total. The molecule has 0 aliphatic carbocycles. The van der Waals surface area contributed by atoms with E-state index in [2.05, 4.69) is 20.8 Å². The summed E-state index contributed by atoms with van der Waals surface area (Å²) in [5, 5.41) is 0. The van der Waals surface area contributed by atoms with Crippen molar-refractivity contribution in [2.75, 3.05) is 13.1 Å². The number of likely N-dealkylation sites (tertiary alicyclic amines) is 1. The van der Waals surface area contributed by atoms with Gasteiger partial charge < -0.3 is 5.73 Å². The van der Waals surface area contributed by atoms with E-state index >= 15 is 0 Å². The predicted octanol–water partition coefficient (Wildman–Crippen LogP) is 2.12. The maximum absolute atomic E-state index is 13.2. The Kier molecular flexibility index (Phi) is 3.38. The zero-order chi connectivity index (χ0) is 10.8.